The molecule has 0 fully saturated rings. The van der Waals surface area contributed by atoms with E-state index in [1.54, 1.807) is 62.3 Å². The second-order valence-electron chi connectivity index (χ2n) is 8.59. The van der Waals surface area contributed by atoms with Gasteiger partial charge in [-0.1, -0.05) is 5.57 Å². The summed E-state index contributed by atoms with van der Waals surface area (Å²) in [5.74, 6) is -2.92. The Labute approximate surface area is 177 Å². The van der Waals surface area contributed by atoms with Gasteiger partial charge in [0, 0.05) is 12.2 Å². The van der Waals surface area contributed by atoms with Crippen molar-refractivity contribution in [2.24, 2.45) is 0 Å². The zero-order chi connectivity index (χ0) is 23.4. The molecule has 0 aromatic heterocycles. The van der Waals surface area contributed by atoms with Crippen molar-refractivity contribution in [3.8, 4) is 0 Å². The molecule has 0 aliphatic heterocycles. The molecule has 0 spiro atoms. The minimum Gasteiger partial charge on any atom is -0.483 e. The summed E-state index contributed by atoms with van der Waals surface area (Å²) in [6, 6.07) is 0. The van der Waals surface area contributed by atoms with Gasteiger partial charge in [-0.15, -0.1) is 0 Å². The summed E-state index contributed by atoms with van der Waals surface area (Å²) >= 11 is 0. The highest BCUT2D eigenvalue weighted by Crippen LogP contribution is 2.27. The largest absolute Gasteiger partial charge is 0.483 e. The predicted octanol–water partition coefficient (Wildman–Crippen LogP) is 3.81. The maximum absolute atomic E-state index is 13.2. The maximum atomic E-state index is 13.2. The van der Waals surface area contributed by atoms with E-state index in [9.17, 15) is 19.2 Å². The molecule has 1 aliphatic rings. The molecular formula is C22H31NO7. The van der Waals surface area contributed by atoms with Crippen molar-refractivity contribution < 1.29 is 33.4 Å². The summed E-state index contributed by atoms with van der Waals surface area (Å²) in [6.45, 7) is 14.9. The summed E-state index contributed by atoms with van der Waals surface area (Å²) in [6.07, 6.45) is 0.148. The second kappa shape index (κ2) is 9.73. The van der Waals surface area contributed by atoms with Gasteiger partial charge in [0.25, 0.3) is 5.91 Å². The number of hydrogen-bond donors (Lipinski definition) is 0. The van der Waals surface area contributed by atoms with E-state index in [1.165, 1.54) is 6.08 Å². The molecule has 0 heterocycles. The zero-order valence-electron chi connectivity index (χ0n) is 19.1. The zero-order valence-corrected chi connectivity index (χ0v) is 19.1. The lowest BCUT2D eigenvalue weighted by Crippen LogP contribution is -2.43. The van der Waals surface area contributed by atoms with Crippen molar-refractivity contribution in [1.29, 1.82) is 0 Å². The van der Waals surface area contributed by atoms with E-state index >= 15 is 0 Å². The van der Waals surface area contributed by atoms with Crippen molar-refractivity contribution >= 4 is 23.6 Å². The highest BCUT2D eigenvalue weighted by molar-refractivity contribution is 6.23. The molecule has 166 valence electrons. The Morgan fingerprint density at radius 2 is 1.47 bits per heavy atom. The Hall–Kier alpha value is -2.90. The standard InChI is InChI=1S/C22H31NO7/c1-12(2)10-17(25)23(21(27)30-22(7,8)9)15-11-16(24)19(28-13(3)4)20(18(15)26)29-14(5)6/h10-11,13-14H,1-9H3. The van der Waals surface area contributed by atoms with Crippen LogP contribution < -0.4 is 0 Å². The highest BCUT2D eigenvalue weighted by Gasteiger charge is 2.40. The fraction of sp³-hybridized carbons (Fsp3) is 0.545. The second-order valence-corrected chi connectivity index (χ2v) is 8.59. The normalized spacial score (nSPS) is 14.6. The first kappa shape index (κ1) is 25.1. The van der Waals surface area contributed by atoms with E-state index in [4.69, 9.17) is 14.2 Å². The fourth-order valence-corrected chi connectivity index (χ4v) is 2.37. The number of hydrogen-bond acceptors (Lipinski definition) is 7. The number of carbonyl (C=O) groups excluding carboxylic acids is 4. The van der Waals surface area contributed by atoms with Gasteiger partial charge in [-0.05, 0) is 62.3 Å². The maximum Gasteiger partial charge on any atom is 0.422 e. The van der Waals surface area contributed by atoms with E-state index in [-0.39, 0.29) is 11.5 Å². The van der Waals surface area contributed by atoms with Crippen molar-refractivity contribution in [2.45, 2.75) is 80.1 Å². The Bertz CT molecular complexity index is 819. The minimum atomic E-state index is -1.07. The Morgan fingerprint density at radius 1 is 0.967 bits per heavy atom. The number of rotatable bonds is 6. The van der Waals surface area contributed by atoms with Crippen molar-refractivity contribution in [2.75, 3.05) is 0 Å². The van der Waals surface area contributed by atoms with Crippen LogP contribution in [0.4, 0.5) is 4.79 Å². The van der Waals surface area contributed by atoms with Gasteiger partial charge in [0.2, 0.25) is 23.1 Å². The summed E-state index contributed by atoms with van der Waals surface area (Å²) < 4.78 is 16.3. The number of carbonyl (C=O) groups is 4. The smallest absolute Gasteiger partial charge is 0.422 e. The lowest BCUT2D eigenvalue weighted by atomic mass is 10.0. The summed E-state index contributed by atoms with van der Waals surface area (Å²) in [5.41, 5.74) is -0.785. The number of allylic oxidation sites excluding steroid dienone is 2. The fourth-order valence-electron chi connectivity index (χ4n) is 2.37. The first-order valence-corrected chi connectivity index (χ1v) is 9.74. The summed E-state index contributed by atoms with van der Waals surface area (Å²) in [7, 11) is 0. The number of ketones is 2. The lowest BCUT2D eigenvalue weighted by molar-refractivity contribution is -0.129. The first-order chi connectivity index (χ1) is 13.6. The van der Waals surface area contributed by atoms with Crippen LogP contribution in [0.5, 0.6) is 0 Å². The van der Waals surface area contributed by atoms with Gasteiger partial charge in [-0.3, -0.25) is 14.4 Å². The molecule has 0 atom stereocenters. The van der Waals surface area contributed by atoms with Gasteiger partial charge in [0.05, 0.1) is 12.2 Å². The van der Waals surface area contributed by atoms with Crippen LogP contribution in [0.25, 0.3) is 0 Å². The number of Topliss-reactive ketones (excluding diaryl/α,β-unsaturated/α-hetero) is 1. The number of ether oxygens (including phenoxy) is 3. The van der Waals surface area contributed by atoms with Crippen LogP contribution in [0.15, 0.2) is 34.9 Å². The summed E-state index contributed by atoms with van der Waals surface area (Å²) in [5, 5.41) is 0. The lowest BCUT2D eigenvalue weighted by Gasteiger charge is -2.29. The molecule has 1 aliphatic carbocycles. The van der Waals surface area contributed by atoms with Gasteiger partial charge in [-0.25, -0.2) is 9.69 Å². The average molecular weight is 421 g/mol. The quantitative estimate of drug-likeness (QED) is 0.475. The van der Waals surface area contributed by atoms with Crippen LogP contribution in [0.2, 0.25) is 0 Å². The minimum absolute atomic E-state index is 0.258. The van der Waals surface area contributed by atoms with Crippen molar-refractivity contribution in [3.63, 3.8) is 0 Å². The molecule has 0 unspecified atom stereocenters. The average Bonchev–Trinajstić information content (AvgIpc) is 2.52. The third kappa shape index (κ3) is 6.86. The van der Waals surface area contributed by atoms with Gasteiger partial charge in [-0.2, -0.15) is 0 Å². The molecule has 0 saturated carbocycles. The molecule has 1 rings (SSSR count). The molecule has 0 aromatic rings. The summed E-state index contributed by atoms with van der Waals surface area (Å²) in [4.78, 5) is 52.0. The number of nitrogens with zero attached hydrogens (tertiary/aromatic N) is 1. The van der Waals surface area contributed by atoms with Crippen LogP contribution in [-0.2, 0) is 28.6 Å². The van der Waals surface area contributed by atoms with Crippen molar-refractivity contribution in [1.82, 2.24) is 4.90 Å². The van der Waals surface area contributed by atoms with Crippen LogP contribution >= 0.6 is 0 Å². The van der Waals surface area contributed by atoms with Gasteiger partial charge < -0.3 is 14.2 Å². The highest BCUT2D eigenvalue weighted by atomic mass is 16.6. The van der Waals surface area contributed by atoms with Gasteiger partial charge in [0.15, 0.2) is 0 Å². The number of amides is 2. The topological polar surface area (TPSA) is 99.2 Å². The molecule has 0 N–H and O–H groups in total. The van der Waals surface area contributed by atoms with Crippen LogP contribution in [0, 0.1) is 0 Å². The van der Waals surface area contributed by atoms with E-state index < -0.39 is 47.1 Å². The van der Waals surface area contributed by atoms with Crippen LogP contribution in [0.1, 0.15) is 62.3 Å². The van der Waals surface area contributed by atoms with Crippen LogP contribution in [-0.4, -0.2) is 46.3 Å². The predicted molar refractivity (Wildman–Crippen MR) is 110 cm³/mol. The monoisotopic (exact) mass is 421 g/mol. The van der Waals surface area contributed by atoms with E-state index in [0.717, 1.165) is 6.08 Å². The molecule has 8 heteroatoms. The molecule has 30 heavy (non-hydrogen) atoms. The van der Waals surface area contributed by atoms with Crippen LogP contribution in [0.3, 0.4) is 0 Å². The molecular weight excluding hydrogens is 390 g/mol. The Morgan fingerprint density at radius 3 is 1.90 bits per heavy atom. The number of imide groups is 1. The van der Waals surface area contributed by atoms with E-state index in [2.05, 4.69) is 0 Å². The van der Waals surface area contributed by atoms with Gasteiger partial charge >= 0.3 is 6.09 Å². The molecule has 0 bridgehead atoms. The SMILES string of the molecule is CC(C)=CC(=O)N(C(=O)OC(C)(C)C)C1=CC(=O)C(OC(C)C)=C(OC(C)C)C1=O. The molecule has 0 radical (unpaired) electrons. The molecule has 8 nitrogen and oxygen atoms in total. The van der Waals surface area contributed by atoms with Crippen molar-refractivity contribution in [3.05, 3.63) is 34.9 Å². The van der Waals surface area contributed by atoms with Gasteiger partial charge in [0.1, 0.15) is 11.3 Å². The molecule has 0 aromatic carbocycles. The van der Waals surface area contributed by atoms with E-state index in [1.807, 2.05) is 0 Å². The Kier molecular flexibility index (Phi) is 8.16. The molecule has 2 amide bonds. The first-order valence-electron chi connectivity index (χ1n) is 9.74. The molecule has 0 saturated heterocycles. The van der Waals surface area contributed by atoms with E-state index in [0.29, 0.717) is 10.5 Å². The third-order valence-corrected chi connectivity index (χ3v) is 3.29. The third-order valence-electron chi connectivity index (χ3n) is 3.29. The Balaban J connectivity index is 3.55.